The van der Waals surface area contributed by atoms with Gasteiger partial charge in [-0.1, -0.05) is 39.5 Å². The molecule has 0 bridgehead atoms. The zero-order chi connectivity index (χ0) is 12.2. The summed E-state index contributed by atoms with van der Waals surface area (Å²) in [6.07, 6.45) is 8.53. The second-order valence-corrected chi connectivity index (χ2v) is 4.49. The molecule has 0 aromatic carbocycles. The normalized spacial score (nSPS) is 13.8. The number of rotatable bonds is 9. The minimum Gasteiger partial charge on any atom is -0.198 e. The Balaban J connectivity index is 3.56. The van der Waals surface area contributed by atoms with Gasteiger partial charge in [0.05, 0.1) is 12.1 Å². The third-order valence-corrected chi connectivity index (χ3v) is 3.12. The molecule has 0 fully saturated rings. The minimum atomic E-state index is 0.219. The van der Waals surface area contributed by atoms with E-state index in [1.807, 2.05) is 0 Å². The fourth-order valence-electron chi connectivity index (χ4n) is 1.87. The predicted octanol–water partition coefficient (Wildman–Crippen LogP) is 4.43. The van der Waals surface area contributed by atoms with Crippen LogP contribution in [0, 0.1) is 34.5 Å². The summed E-state index contributed by atoms with van der Waals surface area (Å²) in [6.45, 7) is 4.22. The van der Waals surface area contributed by atoms with E-state index in [4.69, 9.17) is 10.5 Å². The maximum Gasteiger partial charge on any atom is 0.0655 e. The second-order valence-electron chi connectivity index (χ2n) is 4.49. The molecule has 0 aliphatic carbocycles. The summed E-state index contributed by atoms with van der Waals surface area (Å²) in [5.41, 5.74) is 0. The molecule has 0 rings (SSSR count). The summed E-state index contributed by atoms with van der Waals surface area (Å²) in [5.74, 6) is 0.457. The number of unbranched alkanes of at least 4 members (excludes halogenated alkanes) is 2. The molecule has 0 aliphatic rings. The topological polar surface area (TPSA) is 47.6 Å². The molecule has 0 saturated carbocycles. The van der Waals surface area contributed by atoms with Crippen LogP contribution in [0.2, 0.25) is 0 Å². The first-order valence-electron chi connectivity index (χ1n) is 6.57. The Labute approximate surface area is 100 Å². The van der Waals surface area contributed by atoms with Crippen LogP contribution in [-0.4, -0.2) is 0 Å². The first kappa shape index (κ1) is 15.0. The fourth-order valence-corrected chi connectivity index (χ4v) is 1.87. The molecule has 0 amide bonds. The van der Waals surface area contributed by atoms with Gasteiger partial charge >= 0.3 is 0 Å². The lowest BCUT2D eigenvalue weighted by Gasteiger charge is -2.09. The highest BCUT2D eigenvalue weighted by Crippen LogP contribution is 2.18. The molecular formula is C14H24N2. The van der Waals surface area contributed by atoms with Crippen molar-refractivity contribution in [2.45, 2.75) is 65.2 Å². The van der Waals surface area contributed by atoms with Crippen LogP contribution in [0.4, 0.5) is 0 Å². The monoisotopic (exact) mass is 220 g/mol. The smallest absolute Gasteiger partial charge is 0.0655 e. The minimum absolute atomic E-state index is 0.219. The van der Waals surface area contributed by atoms with Crippen molar-refractivity contribution < 1.29 is 0 Å². The van der Waals surface area contributed by atoms with E-state index in [0.717, 1.165) is 44.9 Å². The standard InChI is InChI=1S/C14H24N2/c1-3-5-8-14(12-16)10-7-6-9-13(4-2)11-15/h13-14H,3-10H2,1-2H3. The van der Waals surface area contributed by atoms with Gasteiger partial charge in [-0.3, -0.25) is 0 Å². The molecule has 2 unspecified atom stereocenters. The first-order chi connectivity index (χ1) is 7.78. The summed E-state index contributed by atoms with van der Waals surface area (Å²) >= 11 is 0. The Kier molecular flexibility index (Phi) is 9.83. The zero-order valence-corrected chi connectivity index (χ0v) is 10.7. The molecule has 0 aromatic heterocycles. The maximum absolute atomic E-state index is 8.95. The van der Waals surface area contributed by atoms with Crippen molar-refractivity contribution in [1.29, 1.82) is 10.5 Å². The number of hydrogen-bond acceptors (Lipinski definition) is 2. The van der Waals surface area contributed by atoms with Crippen LogP contribution in [0.25, 0.3) is 0 Å². The molecule has 90 valence electrons. The lowest BCUT2D eigenvalue weighted by molar-refractivity contribution is 0.469. The molecule has 0 saturated heterocycles. The highest BCUT2D eigenvalue weighted by molar-refractivity contribution is 4.83. The van der Waals surface area contributed by atoms with Gasteiger partial charge in [-0.25, -0.2) is 0 Å². The Bertz CT molecular complexity index is 234. The summed E-state index contributed by atoms with van der Waals surface area (Å²) in [5, 5.41) is 17.7. The van der Waals surface area contributed by atoms with Crippen molar-refractivity contribution in [2.75, 3.05) is 0 Å². The van der Waals surface area contributed by atoms with Crippen LogP contribution in [0.3, 0.4) is 0 Å². The third kappa shape index (κ3) is 7.30. The zero-order valence-electron chi connectivity index (χ0n) is 10.7. The van der Waals surface area contributed by atoms with Gasteiger partial charge in [-0.15, -0.1) is 0 Å². The van der Waals surface area contributed by atoms with Gasteiger partial charge in [-0.2, -0.15) is 10.5 Å². The van der Waals surface area contributed by atoms with Crippen LogP contribution in [0.1, 0.15) is 65.2 Å². The quantitative estimate of drug-likeness (QED) is 0.540. The van der Waals surface area contributed by atoms with E-state index in [9.17, 15) is 0 Å². The Morgan fingerprint density at radius 2 is 1.31 bits per heavy atom. The van der Waals surface area contributed by atoms with Crippen LogP contribution in [0.5, 0.6) is 0 Å². The molecule has 0 aliphatic heterocycles. The van der Waals surface area contributed by atoms with Crippen LogP contribution in [0.15, 0.2) is 0 Å². The second kappa shape index (κ2) is 10.5. The van der Waals surface area contributed by atoms with E-state index in [1.165, 1.54) is 6.42 Å². The molecule has 2 heteroatoms. The summed E-state index contributed by atoms with van der Waals surface area (Å²) in [7, 11) is 0. The van der Waals surface area contributed by atoms with Crippen molar-refractivity contribution in [3.8, 4) is 12.1 Å². The van der Waals surface area contributed by atoms with Gasteiger partial charge in [-0.05, 0) is 25.7 Å². The predicted molar refractivity (Wildman–Crippen MR) is 66.5 cm³/mol. The SMILES string of the molecule is CCCCC(C#N)CCCCC(C#N)CC. The van der Waals surface area contributed by atoms with E-state index in [-0.39, 0.29) is 11.8 Å². The van der Waals surface area contributed by atoms with Gasteiger partial charge < -0.3 is 0 Å². The highest BCUT2D eigenvalue weighted by Gasteiger charge is 2.08. The van der Waals surface area contributed by atoms with Gasteiger partial charge in [0.15, 0.2) is 0 Å². The van der Waals surface area contributed by atoms with E-state index in [2.05, 4.69) is 26.0 Å². The van der Waals surface area contributed by atoms with Gasteiger partial charge in [0.25, 0.3) is 0 Å². The van der Waals surface area contributed by atoms with Crippen molar-refractivity contribution in [3.63, 3.8) is 0 Å². The summed E-state index contributed by atoms with van der Waals surface area (Å²) in [6, 6.07) is 4.71. The van der Waals surface area contributed by atoms with E-state index in [1.54, 1.807) is 0 Å². The summed E-state index contributed by atoms with van der Waals surface area (Å²) in [4.78, 5) is 0. The first-order valence-corrected chi connectivity index (χ1v) is 6.57. The molecule has 0 N–H and O–H groups in total. The van der Waals surface area contributed by atoms with E-state index in [0.29, 0.717) is 0 Å². The average molecular weight is 220 g/mol. The molecule has 2 nitrogen and oxygen atoms in total. The Morgan fingerprint density at radius 3 is 1.75 bits per heavy atom. The summed E-state index contributed by atoms with van der Waals surface area (Å²) < 4.78 is 0. The van der Waals surface area contributed by atoms with E-state index < -0.39 is 0 Å². The van der Waals surface area contributed by atoms with Crippen molar-refractivity contribution in [3.05, 3.63) is 0 Å². The highest BCUT2D eigenvalue weighted by atomic mass is 14.3. The molecule has 0 spiro atoms. The van der Waals surface area contributed by atoms with Crippen molar-refractivity contribution in [1.82, 2.24) is 0 Å². The van der Waals surface area contributed by atoms with Crippen LogP contribution < -0.4 is 0 Å². The Morgan fingerprint density at radius 1 is 0.812 bits per heavy atom. The van der Waals surface area contributed by atoms with Crippen LogP contribution in [-0.2, 0) is 0 Å². The van der Waals surface area contributed by atoms with E-state index >= 15 is 0 Å². The van der Waals surface area contributed by atoms with Gasteiger partial charge in [0.2, 0.25) is 0 Å². The number of hydrogen-bond donors (Lipinski definition) is 0. The molecule has 0 aromatic rings. The maximum atomic E-state index is 8.95. The van der Waals surface area contributed by atoms with Crippen molar-refractivity contribution in [2.24, 2.45) is 11.8 Å². The van der Waals surface area contributed by atoms with Gasteiger partial charge in [0, 0.05) is 11.8 Å². The molecule has 2 atom stereocenters. The molecular weight excluding hydrogens is 196 g/mol. The molecule has 0 radical (unpaired) electrons. The largest absolute Gasteiger partial charge is 0.198 e. The lowest BCUT2D eigenvalue weighted by atomic mass is 9.94. The molecule has 0 heterocycles. The molecule has 16 heavy (non-hydrogen) atoms. The fraction of sp³-hybridized carbons (Fsp3) is 0.857. The number of nitriles is 2. The Hall–Kier alpha value is -1.02. The third-order valence-electron chi connectivity index (χ3n) is 3.12. The average Bonchev–Trinajstić information content (AvgIpc) is 2.33. The lowest BCUT2D eigenvalue weighted by Crippen LogP contribution is -1.99. The van der Waals surface area contributed by atoms with Crippen molar-refractivity contribution >= 4 is 0 Å². The van der Waals surface area contributed by atoms with Gasteiger partial charge in [0.1, 0.15) is 0 Å². The number of nitrogens with zero attached hydrogens (tertiary/aromatic N) is 2. The van der Waals surface area contributed by atoms with Crippen LogP contribution >= 0.6 is 0 Å².